The zero-order valence-electron chi connectivity index (χ0n) is 11.3. The average Bonchev–Trinajstić information content (AvgIpc) is 3.04. The third kappa shape index (κ3) is 3.24. The van der Waals surface area contributed by atoms with Crippen LogP contribution in [-0.2, 0) is 11.3 Å². The van der Waals surface area contributed by atoms with E-state index in [4.69, 9.17) is 0 Å². The number of nitrogens with zero attached hydrogens (tertiary/aromatic N) is 2. The lowest BCUT2D eigenvalue weighted by Crippen LogP contribution is -2.51. The summed E-state index contributed by atoms with van der Waals surface area (Å²) in [5.41, 5.74) is 2.48. The highest BCUT2D eigenvalue weighted by Crippen LogP contribution is 2.34. The maximum absolute atomic E-state index is 12.3. The Morgan fingerprint density at radius 2 is 2.35 bits per heavy atom. The van der Waals surface area contributed by atoms with Crippen molar-refractivity contribution in [3.8, 4) is 0 Å². The van der Waals surface area contributed by atoms with Gasteiger partial charge in [-0.15, -0.1) is 23.1 Å². The predicted molar refractivity (Wildman–Crippen MR) is 78.7 cm³/mol. The molecule has 0 radical (unpaired) electrons. The number of amides is 2. The normalized spacial score (nSPS) is 22.2. The molecule has 2 amide bonds. The Bertz CT molecular complexity index is 478. The summed E-state index contributed by atoms with van der Waals surface area (Å²) in [4.78, 5) is 29.1. The molecule has 1 saturated heterocycles. The van der Waals surface area contributed by atoms with E-state index in [9.17, 15) is 14.7 Å². The number of carboxylic acid groups (broad SMARTS) is 1. The summed E-state index contributed by atoms with van der Waals surface area (Å²) in [7, 11) is 0. The van der Waals surface area contributed by atoms with Crippen molar-refractivity contribution in [2.75, 3.05) is 5.75 Å². The van der Waals surface area contributed by atoms with Crippen LogP contribution in [0.5, 0.6) is 0 Å². The van der Waals surface area contributed by atoms with Crippen LogP contribution in [0.3, 0.4) is 0 Å². The summed E-state index contributed by atoms with van der Waals surface area (Å²) in [5.74, 6) is -0.318. The van der Waals surface area contributed by atoms with Crippen molar-refractivity contribution in [2.24, 2.45) is 5.92 Å². The van der Waals surface area contributed by atoms with Gasteiger partial charge in [-0.3, -0.25) is 4.90 Å². The number of hydrogen-bond acceptors (Lipinski definition) is 5. The van der Waals surface area contributed by atoms with Gasteiger partial charge in [-0.25, -0.2) is 14.6 Å². The number of hydrogen-bond donors (Lipinski definition) is 2. The lowest BCUT2D eigenvalue weighted by molar-refractivity contribution is -0.141. The van der Waals surface area contributed by atoms with Gasteiger partial charge >= 0.3 is 12.0 Å². The van der Waals surface area contributed by atoms with Crippen LogP contribution >= 0.6 is 23.1 Å². The molecule has 1 aromatic rings. The molecule has 2 atom stereocenters. The zero-order chi connectivity index (χ0) is 14.7. The molecule has 2 heterocycles. The molecule has 0 aliphatic carbocycles. The molecular formula is C12H17N3O3S2. The second kappa shape index (κ2) is 6.45. The number of thioether (sulfide) groups is 1. The van der Waals surface area contributed by atoms with E-state index in [1.54, 1.807) is 5.51 Å². The smallest absolute Gasteiger partial charge is 0.327 e. The number of nitrogens with one attached hydrogen (secondary N) is 1. The van der Waals surface area contributed by atoms with E-state index in [0.717, 1.165) is 5.69 Å². The number of carboxylic acids is 1. The van der Waals surface area contributed by atoms with E-state index in [2.05, 4.69) is 10.3 Å². The molecule has 6 nitrogen and oxygen atoms in total. The van der Waals surface area contributed by atoms with Gasteiger partial charge < -0.3 is 10.4 Å². The summed E-state index contributed by atoms with van der Waals surface area (Å²) in [6, 6.07) is -1.10. The van der Waals surface area contributed by atoms with E-state index in [-0.39, 0.29) is 17.3 Å². The van der Waals surface area contributed by atoms with Gasteiger partial charge in [0.25, 0.3) is 0 Å². The number of carbonyl (C=O) groups excluding carboxylic acids is 1. The Hall–Kier alpha value is -1.28. The summed E-state index contributed by atoms with van der Waals surface area (Å²) < 4.78 is 0. The van der Waals surface area contributed by atoms with Crippen LogP contribution in [-0.4, -0.2) is 44.2 Å². The Labute approximate surface area is 125 Å². The first kappa shape index (κ1) is 15.1. The van der Waals surface area contributed by atoms with Crippen LogP contribution in [0.1, 0.15) is 19.5 Å². The van der Waals surface area contributed by atoms with Crippen LogP contribution < -0.4 is 5.32 Å². The van der Waals surface area contributed by atoms with Crippen LogP contribution in [0.25, 0.3) is 0 Å². The summed E-state index contributed by atoms with van der Waals surface area (Å²) in [6.07, 6.45) is 0. The lowest BCUT2D eigenvalue weighted by atomic mass is 10.2. The maximum atomic E-state index is 12.3. The molecule has 0 saturated carbocycles. The number of aromatic nitrogens is 1. The Kier molecular flexibility index (Phi) is 4.87. The first-order valence-corrected chi connectivity index (χ1v) is 8.27. The van der Waals surface area contributed by atoms with Crippen molar-refractivity contribution < 1.29 is 14.7 Å². The fourth-order valence-corrected chi connectivity index (χ4v) is 4.10. The number of rotatable bonds is 4. The van der Waals surface area contributed by atoms with Crippen LogP contribution in [0.2, 0.25) is 0 Å². The molecule has 1 aliphatic heterocycles. The highest BCUT2D eigenvalue weighted by molar-refractivity contribution is 8.00. The quantitative estimate of drug-likeness (QED) is 0.886. The second-order valence-corrected chi connectivity index (χ2v) is 6.74. The second-order valence-electron chi connectivity index (χ2n) is 4.87. The maximum Gasteiger partial charge on any atom is 0.327 e. The molecule has 20 heavy (non-hydrogen) atoms. The fourth-order valence-electron chi connectivity index (χ4n) is 2.07. The fraction of sp³-hybridized carbons (Fsp3) is 0.583. The van der Waals surface area contributed by atoms with Gasteiger partial charge in [0.15, 0.2) is 0 Å². The van der Waals surface area contributed by atoms with Gasteiger partial charge in [-0.2, -0.15) is 0 Å². The van der Waals surface area contributed by atoms with Crippen LogP contribution in [0.4, 0.5) is 4.79 Å². The van der Waals surface area contributed by atoms with Gasteiger partial charge in [-0.1, -0.05) is 13.8 Å². The molecule has 1 fully saturated rings. The molecule has 0 spiro atoms. The van der Waals surface area contributed by atoms with Gasteiger partial charge in [0.2, 0.25) is 0 Å². The van der Waals surface area contributed by atoms with E-state index >= 15 is 0 Å². The van der Waals surface area contributed by atoms with Gasteiger partial charge in [0, 0.05) is 11.1 Å². The molecule has 110 valence electrons. The molecule has 2 unspecified atom stereocenters. The third-order valence-corrected chi connectivity index (χ3v) is 5.29. The molecule has 1 aromatic heterocycles. The van der Waals surface area contributed by atoms with Crippen LogP contribution in [0, 0.1) is 5.92 Å². The highest BCUT2D eigenvalue weighted by Gasteiger charge is 2.42. The Morgan fingerprint density at radius 1 is 1.60 bits per heavy atom. The standard InChI is InChI=1S/C12H17N3O3S2/c1-7(2)10-15(9(5-20-10)11(16)17)12(18)13-3-8-4-19-6-14-8/h4,6-7,9-10H,3,5H2,1-2H3,(H,13,18)(H,16,17). The zero-order valence-corrected chi connectivity index (χ0v) is 12.9. The molecule has 1 aliphatic rings. The minimum Gasteiger partial charge on any atom is -0.480 e. The molecule has 8 heteroatoms. The summed E-state index contributed by atoms with van der Waals surface area (Å²) in [5, 5.41) is 13.7. The van der Waals surface area contributed by atoms with Gasteiger partial charge in [0.05, 0.1) is 23.1 Å². The van der Waals surface area contributed by atoms with E-state index in [1.807, 2.05) is 19.2 Å². The number of thiazole rings is 1. The number of aliphatic carboxylic acids is 1. The monoisotopic (exact) mass is 315 g/mol. The average molecular weight is 315 g/mol. The predicted octanol–water partition coefficient (Wildman–Crippen LogP) is 1.84. The Balaban J connectivity index is 2.04. The molecule has 0 aromatic carbocycles. The van der Waals surface area contributed by atoms with Crippen molar-refractivity contribution in [2.45, 2.75) is 31.8 Å². The van der Waals surface area contributed by atoms with Gasteiger partial charge in [-0.05, 0) is 5.92 Å². The van der Waals surface area contributed by atoms with Crippen molar-refractivity contribution >= 4 is 35.1 Å². The number of urea groups is 1. The third-order valence-electron chi connectivity index (χ3n) is 3.03. The summed E-state index contributed by atoms with van der Waals surface area (Å²) >= 11 is 2.98. The van der Waals surface area contributed by atoms with E-state index in [0.29, 0.717) is 12.3 Å². The van der Waals surface area contributed by atoms with E-state index < -0.39 is 12.0 Å². The molecule has 2 N–H and O–H groups in total. The molecule has 0 bridgehead atoms. The lowest BCUT2D eigenvalue weighted by Gasteiger charge is -2.29. The summed E-state index contributed by atoms with van der Waals surface area (Å²) in [6.45, 7) is 4.30. The highest BCUT2D eigenvalue weighted by atomic mass is 32.2. The van der Waals surface area contributed by atoms with Gasteiger partial charge in [0.1, 0.15) is 6.04 Å². The first-order valence-electron chi connectivity index (χ1n) is 6.28. The Morgan fingerprint density at radius 3 is 2.90 bits per heavy atom. The van der Waals surface area contributed by atoms with Crippen molar-refractivity contribution in [3.63, 3.8) is 0 Å². The van der Waals surface area contributed by atoms with Crippen molar-refractivity contribution in [1.29, 1.82) is 0 Å². The molecular weight excluding hydrogens is 298 g/mol. The first-order chi connectivity index (χ1) is 9.50. The van der Waals surface area contributed by atoms with E-state index in [1.165, 1.54) is 28.0 Å². The van der Waals surface area contributed by atoms with Crippen molar-refractivity contribution in [1.82, 2.24) is 15.2 Å². The van der Waals surface area contributed by atoms with Crippen LogP contribution in [0.15, 0.2) is 10.9 Å². The largest absolute Gasteiger partial charge is 0.480 e. The number of carbonyl (C=O) groups is 2. The molecule has 2 rings (SSSR count). The SMILES string of the molecule is CC(C)C1SCC(C(=O)O)N1C(=O)NCc1cscn1. The minimum absolute atomic E-state index is 0.105. The topological polar surface area (TPSA) is 82.5 Å². The van der Waals surface area contributed by atoms with Crippen molar-refractivity contribution in [3.05, 3.63) is 16.6 Å². The minimum atomic E-state index is -0.954.